The van der Waals surface area contributed by atoms with Crippen LogP contribution in [0.25, 0.3) is 0 Å². The van der Waals surface area contributed by atoms with Crippen molar-refractivity contribution in [3.05, 3.63) is 24.3 Å². The molecule has 1 aliphatic heterocycles. The maximum atomic E-state index is 11.7. The first-order chi connectivity index (χ1) is 8.60. The Morgan fingerprint density at radius 3 is 2.61 bits per heavy atom. The first kappa shape index (κ1) is 12.7. The summed E-state index contributed by atoms with van der Waals surface area (Å²) in [6, 6.07) is 7.47. The van der Waals surface area contributed by atoms with Crippen LogP contribution in [-0.4, -0.2) is 23.2 Å². The number of nitrogen functional groups attached to an aromatic ring is 1. The molecule has 1 aromatic carbocycles. The van der Waals surface area contributed by atoms with E-state index in [1.807, 2.05) is 36.1 Å². The van der Waals surface area contributed by atoms with Crippen molar-refractivity contribution in [3.8, 4) is 0 Å². The van der Waals surface area contributed by atoms with Crippen molar-refractivity contribution in [3.63, 3.8) is 0 Å². The molecule has 0 saturated carbocycles. The van der Waals surface area contributed by atoms with Gasteiger partial charge in [-0.1, -0.05) is 6.92 Å². The molecule has 98 valence electrons. The molecule has 0 bridgehead atoms. The van der Waals surface area contributed by atoms with Gasteiger partial charge in [0.2, 0.25) is 0 Å². The van der Waals surface area contributed by atoms with E-state index in [1.54, 1.807) is 0 Å². The van der Waals surface area contributed by atoms with Gasteiger partial charge in [0.25, 0.3) is 0 Å². The van der Waals surface area contributed by atoms with Gasteiger partial charge in [-0.2, -0.15) is 0 Å². The van der Waals surface area contributed by atoms with E-state index in [1.165, 1.54) is 0 Å². The molecule has 1 heterocycles. The van der Waals surface area contributed by atoms with Crippen LogP contribution in [0.4, 0.5) is 11.4 Å². The second-order valence-electron chi connectivity index (χ2n) is 4.89. The number of carboxylic acid groups (broad SMARTS) is 1. The number of anilines is 2. The number of rotatable bonds is 3. The largest absolute Gasteiger partial charge is 0.479 e. The molecule has 1 atom stereocenters. The quantitative estimate of drug-likeness (QED) is 0.806. The predicted octanol–water partition coefficient (Wildman–Crippen LogP) is 2.49. The number of piperidine rings is 1. The average Bonchev–Trinajstić information content (AvgIpc) is 2.39. The number of benzene rings is 1. The van der Waals surface area contributed by atoms with Crippen molar-refractivity contribution in [1.29, 1.82) is 0 Å². The van der Waals surface area contributed by atoms with E-state index in [2.05, 4.69) is 0 Å². The van der Waals surface area contributed by atoms with Gasteiger partial charge < -0.3 is 15.7 Å². The number of aliphatic carboxylic acids is 1. The van der Waals surface area contributed by atoms with Crippen molar-refractivity contribution in [2.24, 2.45) is 0 Å². The van der Waals surface area contributed by atoms with Crippen LogP contribution in [0.15, 0.2) is 24.3 Å². The van der Waals surface area contributed by atoms with Crippen LogP contribution in [-0.2, 0) is 4.79 Å². The highest BCUT2D eigenvalue weighted by molar-refractivity contribution is 5.84. The third-order valence-corrected chi connectivity index (χ3v) is 3.93. The van der Waals surface area contributed by atoms with Crippen molar-refractivity contribution < 1.29 is 9.90 Å². The van der Waals surface area contributed by atoms with Gasteiger partial charge in [0.15, 0.2) is 0 Å². The molecule has 18 heavy (non-hydrogen) atoms. The van der Waals surface area contributed by atoms with Crippen LogP contribution in [0, 0.1) is 0 Å². The lowest BCUT2D eigenvalue weighted by Gasteiger charge is -2.45. The molecule has 3 N–H and O–H groups in total. The minimum Gasteiger partial charge on any atom is -0.479 e. The highest BCUT2D eigenvalue weighted by Crippen LogP contribution is 2.36. The third-order valence-electron chi connectivity index (χ3n) is 3.93. The van der Waals surface area contributed by atoms with E-state index in [-0.39, 0.29) is 0 Å². The molecule has 0 amide bonds. The molecule has 2 rings (SSSR count). The lowest BCUT2D eigenvalue weighted by atomic mass is 9.83. The molecule has 0 spiro atoms. The van der Waals surface area contributed by atoms with Gasteiger partial charge in [-0.25, -0.2) is 4.79 Å². The second kappa shape index (κ2) is 4.88. The molecule has 1 aliphatic rings. The summed E-state index contributed by atoms with van der Waals surface area (Å²) in [7, 11) is 0. The summed E-state index contributed by atoms with van der Waals surface area (Å²) in [5, 5.41) is 9.61. The lowest BCUT2D eigenvalue weighted by Crippen LogP contribution is -2.57. The molecule has 0 aromatic heterocycles. The third kappa shape index (κ3) is 2.03. The minimum atomic E-state index is -0.756. The van der Waals surface area contributed by atoms with Crippen LogP contribution in [0.2, 0.25) is 0 Å². The number of nitrogens with two attached hydrogens (primary N) is 1. The maximum Gasteiger partial charge on any atom is 0.329 e. The molecule has 1 fully saturated rings. The summed E-state index contributed by atoms with van der Waals surface area (Å²) >= 11 is 0. The van der Waals surface area contributed by atoms with E-state index >= 15 is 0 Å². The van der Waals surface area contributed by atoms with Crippen molar-refractivity contribution in [2.75, 3.05) is 17.2 Å². The normalized spacial score (nSPS) is 23.9. The fourth-order valence-electron chi connectivity index (χ4n) is 2.81. The summed E-state index contributed by atoms with van der Waals surface area (Å²) in [4.78, 5) is 13.7. The Morgan fingerprint density at radius 1 is 1.39 bits per heavy atom. The van der Waals surface area contributed by atoms with E-state index in [4.69, 9.17) is 5.73 Å². The van der Waals surface area contributed by atoms with Crippen LogP contribution < -0.4 is 10.6 Å². The highest BCUT2D eigenvalue weighted by Gasteiger charge is 2.44. The topological polar surface area (TPSA) is 66.6 Å². The Bertz CT molecular complexity index is 430. The Kier molecular flexibility index (Phi) is 3.45. The summed E-state index contributed by atoms with van der Waals surface area (Å²) < 4.78 is 0. The Hall–Kier alpha value is -1.71. The molecular formula is C14H20N2O2. The zero-order valence-electron chi connectivity index (χ0n) is 10.7. The first-order valence-electron chi connectivity index (χ1n) is 6.47. The standard InChI is InChI=1S/C14H20N2O2/c1-2-14(13(17)18)9-3-4-10-16(14)12-7-5-11(15)6-8-12/h5-8H,2-4,9-10,15H2,1H3,(H,17,18). The van der Waals surface area contributed by atoms with Crippen LogP contribution >= 0.6 is 0 Å². The summed E-state index contributed by atoms with van der Waals surface area (Å²) in [5.74, 6) is -0.721. The second-order valence-corrected chi connectivity index (χ2v) is 4.89. The average molecular weight is 248 g/mol. The maximum absolute atomic E-state index is 11.7. The van der Waals surface area contributed by atoms with E-state index < -0.39 is 11.5 Å². The number of hydrogen-bond donors (Lipinski definition) is 2. The van der Waals surface area contributed by atoms with E-state index in [0.29, 0.717) is 18.5 Å². The summed E-state index contributed by atoms with van der Waals surface area (Å²) in [6.45, 7) is 2.74. The van der Waals surface area contributed by atoms with Crippen LogP contribution in [0.5, 0.6) is 0 Å². The fourth-order valence-corrected chi connectivity index (χ4v) is 2.81. The van der Waals surface area contributed by atoms with Gasteiger partial charge in [-0.3, -0.25) is 0 Å². The van der Waals surface area contributed by atoms with Gasteiger partial charge in [-0.05, 0) is 49.9 Å². The zero-order chi connectivity index (χ0) is 13.2. The number of hydrogen-bond acceptors (Lipinski definition) is 3. The van der Waals surface area contributed by atoms with Gasteiger partial charge in [-0.15, -0.1) is 0 Å². The Balaban J connectivity index is 2.38. The van der Waals surface area contributed by atoms with Gasteiger partial charge in [0.05, 0.1) is 0 Å². The molecule has 4 heteroatoms. The highest BCUT2D eigenvalue weighted by atomic mass is 16.4. The molecule has 4 nitrogen and oxygen atoms in total. The number of carboxylic acids is 1. The molecule has 1 saturated heterocycles. The van der Waals surface area contributed by atoms with Crippen LogP contribution in [0.3, 0.4) is 0 Å². The van der Waals surface area contributed by atoms with Gasteiger partial charge in [0, 0.05) is 17.9 Å². The smallest absolute Gasteiger partial charge is 0.329 e. The molecular weight excluding hydrogens is 228 g/mol. The lowest BCUT2D eigenvalue weighted by molar-refractivity contribution is -0.144. The fraction of sp³-hybridized carbons (Fsp3) is 0.500. The van der Waals surface area contributed by atoms with E-state index in [0.717, 1.165) is 25.1 Å². The van der Waals surface area contributed by atoms with E-state index in [9.17, 15) is 9.90 Å². The SMILES string of the molecule is CCC1(C(=O)O)CCCCN1c1ccc(N)cc1. The summed E-state index contributed by atoms with van der Waals surface area (Å²) in [5.41, 5.74) is 6.58. The van der Waals surface area contributed by atoms with Crippen LogP contribution in [0.1, 0.15) is 32.6 Å². The minimum absolute atomic E-state index is 0.618. The van der Waals surface area contributed by atoms with Gasteiger partial charge in [0.1, 0.15) is 5.54 Å². The molecule has 1 unspecified atom stereocenters. The Morgan fingerprint density at radius 2 is 2.06 bits per heavy atom. The van der Waals surface area contributed by atoms with Crippen molar-refractivity contribution in [1.82, 2.24) is 0 Å². The van der Waals surface area contributed by atoms with Crippen molar-refractivity contribution in [2.45, 2.75) is 38.1 Å². The number of carbonyl (C=O) groups is 1. The van der Waals surface area contributed by atoms with Crippen molar-refractivity contribution >= 4 is 17.3 Å². The first-order valence-corrected chi connectivity index (χ1v) is 6.47. The monoisotopic (exact) mass is 248 g/mol. The van der Waals surface area contributed by atoms with Gasteiger partial charge >= 0.3 is 5.97 Å². The zero-order valence-corrected chi connectivity index (χ0v) is 10.7. The molecule has 0 radical (unpaired) electrons. The molecule has 0 aliphatic carbocycles. The summed E-state index contributed by atoms with van der Waals surface area (Å²) in [6.07, 6.45) is 3.35. The predicted molar refractivity (Wildman–Crippen MR) is 72.7 cm³/mol. The molecule has 1 aromatic rings. The number of nitrogens with zero attached hydrogens (tertiary/aromatic N) is 1. The Labute approximate surface area is 107 Å².